The van der Waals surface area contributed by atoms with Crippen LogP contribution in [0.5, 0.6) is 0 Å². The van der Waals surface area contributed by atoms with E-state index in [4.69, 9.17) is 4.42 Å². The number of nitrogens with one attached hydrogen (secondary N) is 1. The van der Waals surface area contributed by atoms with Crippen LogP contribution in [-0.2, 0) is 13.1 Å². The summed E-state index contributed by atoms with van der Waals surface area (Å²) in [7, 11) is 0. The number of hydrogen-bond acceptors (Lipinski definition) is 2. The van der Waals surface area contributed by atoms with Crippen LogP contribution in [0.2, 0.25) is 0 Å². The molecule has 0 aliphatic heterocycles. The first kappa shape index (κ1) is 17.4. The van der Waals surface area contributed by atoms with E-state index in [1.54, 1.807) is 18.2 Å². The van der Waals surface area contributed by atoms with Crippen LogP contribution in [0.3, 0.4) is 0 Å². The summed E-state index contributed by atoms with van der Waals surface area (Å²) < 4.78 is 18.9. The summed E-state index contributed by atoms with van der Waals surface area (Å²) in [5, 5.41) is 0.980. The van der Waals surface area contributed by atoms with Crippen molar-refractivity contribution in [2.75, 3.05) is 6.54 Å². The van der Waals surface area contributed by atoms with Gasteiger partial charge in [-0.25, -0.2) is 9.18 Å². The smallest absolute Gasteiger partial charge is 0.336 e. The van der Waals surface area contributed by atoms with E-state index in [-0.39, 0.29) is 11.4 Å². The van der Waals surface area contributed by atoms with Crippen molar-refractivity contribution < 1.29 is 13.7 Å². The van der Waals surface area contributed by atoms with Crippen molar-refractivity contribution in [3.63, 3.8) is 0 Å². The fourth-order valence-electron chi connectivity index (χ4n) is 3.19. The Morgan fingerprint density at radius 2 is 1.88 bits per heavy atom. The van der Waals surface area contributed by atoms with Crippen molar-refractivity contribution in [2.24, 2.45) is 0 Å². The summed E-state index contributed by atoms with van der Waals surface area (Å²) in [5.74, 6) is -0.218. The predicted octanol–water partition coefficient (Wildman–Crippen LogP) is 3.15. The number of aryl methyl sites for hydroxylation is 2. The molecule has 3 rings (SSSR count). The summed E-state index contributed by atoms with van der Waals surface area (Å²) in [5.41, 5.74) is 4.38. The highest BCUT2D eigenvalue weighted by molar-refractivity contribution is 5.83. The van der Waals surface area contributed by atoms with Crippen molar-refractivity contribution in [3.8, 4) is 0 Å². The number of fused-ring (bicyclic) bond motifs is 1. The van der Waals surface area contributed by atoms with Gasteiger partial charge in [0.15, 0.2) is 0 Å². The Morgan fingerprint density at radius 3 is 2.60 bits per heavy atom. The molecule has 130 valence electrons. The van der Waals surface area contributed by atoms with E-state index < -0.39 is 0 Å². The lowest BCUT2D eigenvalue weighted by molar-refractivity contribution is -0.925. The lowest BCUT2D eigenvalue weighted by Crippen LogP contribution is -3.09. The number of hydrogen-bond donors (Lipinski definition) is 1. The van der Waals surface area contributed by atoms with Crippen LogP contribution in [0.15, 0.2) is 51.7 Å². The summed E-state index contributed by atoms with van der Waals surface area (Å²) >= 11 is 0. The molecule has 0 radical (unpaired) electrons. The lowest BCUT2D eigenvalue weighted by Gasteiger charge is -2.19. The fourth-order valence-corrected chi connectivity index (χ4v) is 3.19. The van der Waals surface area contributed by atoms with Gasteiger partial charge in [-0.15, -0.1) is 0 Å². The Morgan fingerprint density at radius 1 is 1.08 bits per heavy atom. The van der Waals surface area contributed by atoms with Gasteiger partial charge in [-0.2, -0.15) is 0 Å². The first-order valence-electron chi connectivity index (χ1n) is 8.59. The van der Waals surface area contributed by atoms with Crippen molar-refractivity contribution in [1.29, 1.82) is 0 Å². The van der Waals surface area contributed by atoms with Gasteiger partial charge in [0, 0.05) is 22.6 Å². The number of halogens is 1. The number of rotatable bonds is 5. The largest absolute Gasteiger partial charge is 0.422 e. The van der Waals surface area contributed by atoms with Gasteiger partial charge in [0.1, 0.15) is 24.5 Å². The standard InChI is InChI=1S/C21H22FNO2/c1-4-23(12-16-6-5-7-18(22)10-16)13-17-11-20(24)25-21-15(3)14(2)8-9-19(17)21/h5-11H,4,12-13H2,1-3H3/p+1. The van der Waals surface area contributed by atoms with Crippen molar-refractivity contribution >= 4 is 11.0 Å². The minimum atomic E-state index is -0.322. The highest BCUT2D eigenvalue weighted by atomic mass is 19.1. The van der Waals surface area contributed by atoms with Gasteiger partial charge in [-0.1, -0.05) is 24.3 Å². The third kappa shape index (κ3) is 3.80. The highest BCUT2D eigenvalue weighted by Crippen LogP contribution is 2.22. The fraction of sp³-hybridized carbons (Fsp3) is 0.286. The van der Waals surface area contributed by atoms with Gasteiger partial charge in [-0.05, 0) is 44.0 Å². The Bertz CT molecular complexity index is 962. The summed E-state index contributed by atoms with van der Waals surface area (Å²) in [6.45, 7) is 8.36. The maximum Gasteiger partial charge on any atom is 0.336 e. The van der Waals surface area contributed by atoms with E-state index in [0.29, 0.717) is 18.7 Å². The number of benzene rings is 2. The molecule has 0 aliphatic carbocycles. The van der Waals surface area contributed by atoms with Crippen LogP contribution in [0, 0.1) is 19.7 Å². The van der Waals surface area contributed by atoms with Crippen molar-refractivity contribution in [2.45, 2.75) is 33.9 Å². The molecule has 1 atom stereocenters. The first-order valence-corrected chi connectivity index (χ1v) is 8.59. The SMILES string of the molecule is CC[NH+](Cc1cccc(F)c1)Cc1cc(=O)oc2c(C)c(C)ccc12. The minimum Gasteiger partial charge on any atom is -0.422 e. The van der Waals surface area contributed by atoms with E-state index in [1.807, 2.05) is 26.0 Å². The van der Waals surface area contributed by atoms with Crippen LogP contribution in [-0.4, -0.2) is 6.54 Å². The molecular formula is C21H23FNO2+. The van der Waals surface area contributed by atoms with Gasteiger partial charge in [0.05, 0.1) is 6.54 Å². The zero-order valence-corrected chi connectivity index (χ0v) is 14.9. The molecule has 1 unspecified atom stereocenters. The molecular weight excluding hydrogens is 317 g/mol. The molecule has 1 heterocycles. The molecule has 2 aromatic carbocycles. The average Bonchev–Trinajstić information content (AvgIpc) is 2.58. The molecule has 0 aliphatic rings. The van der Waals surface area contributed by atoms with Gasteiger partial charge >= 0.3 is 5.63 Å². The van der Waals surface area contributed by atoms with E-state index in [9.17, 15) is 9.18 Å². The molecule has 0 bridgehead atoms. The quantitative estimate of drug-likeness (QED) is 0.724. The molecule has 1 aromatic heterocycles. The van der Waals surface area contributed by atoms with E-state index >= 15 is 0 Å². The molecule has 3 aromatic rings. The average molecular weight is 340 g/mol. The van der Waals surface area contributed by atoms with Gasteiger partial charge in [0.25, 0.3) is 0 Å². The predicted molar refractivity (Wildman–Crippen MR) is 97.3 cm³/mol. The van der Waals surface area contributed by atoms with Crippen LogP contribution in [0.4, 0.5) is 4.39 Å². The molecule has 0 amide bonds. The maximum absolute atomic E-state index is 13.4. The third-order valence-electron chi connectivity index (χ3n) is 4.80. The molecule has 4 heteroatoms. The second kappa shape index (κ2) is 7.19. The maximum atomic E-state index is 13.4. The third-order valence-corrected chi connectivity index (χ3v) is 4.80. The second-order valence-electron chi connectivity index (χ2n) is 6.56. The molecule has 0 saturated carbocycles. The van der Waals surface area contributed by atoms with Crippen LogP contribution < -0.4 is 10.5 Å². The van der Waals surface area contributed by atoms with Crippen molar-refractivity contribution in [1.82, 2.24) is 0 Å². The molecule has 0 saturated heterocycles. The topological polar surface area (TPSA) is 34.7 Å². The molecule has 0 fully saturated rings. The Hall–Kier alpha value is -2.46. The zero-order chi connectivity index (χ0) is 18.0. The Labute approximate surface area is 146 Å². The second-order valence-corrected chi connectivity index (χ2v) is 6.56. The Kier molecular flexibility index (Phi) is 5.00. The summed E-state index contributed by atoms with van der Waals surface area (Å²) in [4.78, 5) is 13.3. The van der Waals surface area contributed by atoms with Crippen LogP contribution in [0.1, 0.15) is 29.2 Å². The van der Waals surface area contributed by atoms with Crippen LogP contribution in [0.25, 0.3) is 11.0 Å². The van der Waals surface area contributed by atoms with Gasteiger partial charge in [0.2, 0.25) is 0 Å². The summed E-state index contributed by atoms with van der Waals surface area (Å²) in [6.07, 6.45) is 0. The minimum absolute atomic E-state index is 0.218. The molecule has 25 heavy (non-hydrogen) atoms. The monoisotopic (exact) mass is 340 g/mol. The Balaban J connectivity index is 1.95. The molecule has 1 N–H and O–H groups in total. The van der Waals surface area contributed by atoms with Crippen molar-refractivity contribution in [3.05, 3.63) is 81.0 Å². The number of quaternary nitrogens is 1. The molecule has 3 nitrogen and oxygen atoms in total. The molecule has 0 spiro atoms. The van der Waals surface area contributed by atoms with Gasteiger partial charge in [-0.3, -0.25) is 0 Å². The highest BCUT2D eigenvalue weighted by Gasteiger charge is 2.15. The van der Waals surface area contributed by atoms with Gasteiger partial charge < -0.3 is 9.32 Å². The van der Waals surface area contributed by atoms with E-state index in [2.05, 4.69) is 13.0 Å². The normalized spacial score (nSPS) is 12.5. The summed E-state index contributed by atoms with van der Waals surface area (Å²) in [6, 6.07) is 12.3. The van der Waals surface area contributed by atoms with E-state index in [1.165, 1.54) is 11.0 Å². The van der Waals surface area contributed by atoms with Crippen LogP contribution >= 0.6 is 0 Å². The van der Waals surface area contributed by atoms with E-state index in [0.717, 1.165) is 34.2 Å². The zero-order valence-electron chi connectivity index (χ0n) is 14.9. The lowest BCUT2D eigenvalue weighted by atomic mass is 10.0. The first-order chi connectivity index (χ1) is 12.0.